The molecule has 2 rings (SSSR count). The Kier molecular flexibility index (Phi) is 3.07. The van der Waals surface area contributed by atoms with Gasteiger partial charge in [0.15, 0.2) is 0 Å². The Hall–Kier alpha value is -0.450. The predicted molar refractivity (Wildman–Crippen MR) is 66.6 cm³/mol. The molecule has 1 aromatic rings. The van der Waals surface area contributed by atoms with Crippen molar-refractivity contribution in [3.8, 4) is 0 Å². The molecule has 0 spiro atoms. The summed E-state index contributed by atoms with van der Waals surface area (Å²) in [6, 6.07) is 0.725. The number of nitrogens with one attached hydrogen (secondary N) is 1. The lowest BCUT2D eigenvalue weighted by Crippen LogP contribution is -2.60. The minimum atomic E-state index is -0.167. The van der Waals surface area contributed by atoms with E-state index in [0.717, 1.165) is 12.1 Å². The lowest BCUT2D eigenvalue weighted by atomic mass is 9.64. The normalized spacial score (nSPS) is 29.8. The molecular weight excluding hydrogens is 220 g/mol. The molecule has 3 unspecified atom stereocenters. The summed E-state index contributed by atoms with van der Waals surface area (Å²) in [5.41, 5.74) is 3.00. The lowest BCUT2D eigenvalue weighted by molar-refractivity contribution is -0.0753. The molecular formula is C12H20N2OS. The number of rotatable bonds is 3. The molecule has 0 radical (unpaired) electrons. The van der Waals surface area contributed by atoms with Crippen LogP contribution in [0.1, 0.15) is 43.8 Å². The number of hydrogen-bond donors (Lipinski definition) is 2. The third-order valence-corrected chi connectivity index (χ3v) is 4.96. The highest BCUT2D eigenvalue weighted by Crippen LogP contribution is 2.41. The predicted octanol–water partition coefficient (Wildman–Crippen LogP) is 2.26. The Morgan fingerprint density at radius 2 is 2.31 bits per heavy atom. The molecule has 0 saturated heterocycles. The topological polar surface area (TPSA) is 45.2 Å². The minimum absolute atomic E-state index is 0.00709. The van der Waals surface area contributed by atoms with Crippen LogP contribution in [0.25, 0.3) is 0 Å². The first-order valence-electron chi connectivity index (χ1n) is 5.77. The van der Waals surface area contributed by atoms with Crippen LogP contribution in [0.5, 0.6) is 0 Å². The van der Waals surface area contributed by atoms with Crippen molar-refractivity contribution in [2.24, 2.45) is 5.41 Å². The number of nitrogens with zero attached hydrogens (tertiary/aromatic N) is 1. The highest BCUT2D eigenvalue weighted by molar-refractivity contribution is 7.09. The van der Waals surface area contributed by atoms with Gasteiger partial charge in [-0.15, -0.1) is 11.3 Å². The second-order valence-corrected chi connectivity index (χ2v) is 6.20. The zero-order chi connectivity index (χ0) is 11.9. The van der Waals surface area contributed by atoms with Gasteiger partial charge < -0.3 is 10.4 Å². The summed E-state index contributed by atoms with van der Waals surface area (Å²) in [6.07, 6.45) is 0.689. The zero-order valence-electron chi connectivity index (χ0n) is 10.3. The first-order valence-corrected chi connectivity index (χ1v) is 6.65. The monoisotopic (exact) mass is 240 g/mol. The summed E-state index contributed by atoms with van der Waals surface area (Å²) < 4.78 is 0. The van der Waals surface area contributed by atoms with E-state index in [9.17, 15) is 5.11 Å². The molecule has 0 bridgehead atoms. The molecule has 4 heteroatoms. The molecule has 0 aromatic carbocycles. The maximum absolute atomic E-state index is 9.69. The zero-order valence-corrected chi connectivity index (χ0v) is 11.1. The fraction of sp³-hybridized carbons (Fsp3) is 0.750. The second-order valence-electron chi connectivity index (χ2n) is 5.32. The third-order valence-electron chi connectivity index (χ3n) is 3.84. The van der Waals surface area contributed by atoms with Gasteiger partial charge in [0.2, 0.25) is 0 Å². The van der Waals surface area contributed by atoms with Crippen LogP contribution in [0.2, 0.25) is 0 Å². The number of hydrogen-bond acceptors (Lipinski definition) is 4. The number of aliphatic hydroxyl groups excluding tert-OH is 1. The molecule has 90 valence electrons. The Labute approximate surface area is 101 Å². The molecule has 2 N–H and O–H groups in total. The van der Waals surface area contributed by atoms with E-state index in [1.807, 2.05) is 12.4 Å². The first-order chi connectivity index (χ1) is 7.43. The summed E-state index contributed by atoms with van der Waals surface area (Å²) in [7, 11) is 0. The number of aliphatic hydroxyl groups is 1. The maximum atomic E-state index is 9.69. The number of aryl methyl sites for hydroxylation is 1. The van der Waals surface area contributed by atoms with E-state index in [4.69, 9.17) is 0 Å². The standard InChI is InChI=1S/C12H20N2OS/c1-7-11(16-6-13-7)8(2)14-9-5-10(15)12(9,3)4/h6,8-10,14-15H,5H2,1-4H3. The van der Waals surface area contributed by atoms with Crippen molar-refractivity contribution in [2.45, 2.75) is 52.3 Å². The van der Waals surface area contributed by atoms with Crippen molar-refractivity contribution in [3.63, 3.8) is 0 Å². The average molecular weight is 240 g/mol. The molecule has 0 aliphatic heterocycles. The first kappa shape index (κ1) is 12.0. The molecule has 1 aromatic heterocycles. The van der Waals surface area contributed by atoms with Gasteiger partial charge in [0.25, 0.3) is 0 Å². The van der Waals surface area contributed by atoms with Gasteiger partial charge in [0.1, 0.15) is 0 Å². The van der Waals surface area contributed by atoms with Crippen LogP contribution in [-0.4, -0.2) is 22.2 Å². The van der Waals surface area contributed by atoms with Gasteiger partial charge >= 0.3 is 0 Å². The maximum Gasteiger partial charge on any atom is 0.0798 e. The summed E-state index contributed by atoms with van der Waals surface area (Å²) in [6.45, 7) is 8.45. The molecule has 16 heavy (non-hydrogen) atoms. The second kappa shape index (κ2) is 4.09. The van der Waals surface area contributed by atoms with Crippen LogP contribution in [-0.2, 0) is 0 Å². The number of thiazole rings is 1. The Balaban J connectivity index is 1.99. The molecule has 1 saturated carbocycles. The van der Waals surface area contributed by atoms with E-state index in [0.29, 0.717) is 12.1 Å². The quantitative estimate of drug-likeness (QED) is 0.852. The van der Waals surface area contributed by atoms with Gasteiger partial charge in [0, 0.05) is 22.4 Å². The van der Waals surface area contributed by atoms with Crippen LogP contribution in [0, 0.1) is 12.3 Å². The SMILES string of the molecule is Cc1ncsc1C(C)NC1CC(O)C1(C)C. The highest BCUT2D eigenvalue weighted by Gasteiger charge is 2.47. The highest BCUT2D eigenvalue weighted by atomic mass is 32.1. The Morgan fingerprint density at radius 3 is 2.75 bits per heavy atom. The minimum Gasteiger partial charge on any atom is -0.392 e. The molecule has 1 aliphatic rings. The summed E-state index contributed by atoms with van der Waals surface area (Å²) in [5, 5.41) is 13.3. The molecule has 3 nitrogen and oxygen atoms in total. The largest absolute Gasteiger partial charge is 0.392 e. The summed E-state index contributed by atoms with van der Waals surface area (Å²) in [4.78, 5) is 5.57. The van der Waals surface area contributed by atoms with Crippen molar-refractivity contribution in [3.05, 3.63) is 16.1 Å². The fourth-order valence-electron chi connectivity index (χ4n) is 2.29. The van der Waals surface area contributed by atoms with Crippen LogP contribution in [0.3, 0.4) is 0 Å². The van der Waals surface area contributed by atoms with Crippen LogP contribution < -0.4 is 5.32 Å². The van der Waals surface area contributed by atoms with E-state index in [-0.39, 0.29) is 11.5 Å². The Bertz CT molecular complexity index is 375. The summed E-state index contributed by atoms with van der Waals surface area (Å²) >= 11 is 1.70. The van der Waals surface area contributed by atoms with Crippen molar-refractivity contribution >= 4 is 11.3 Å². The van der Waals surface area contributed by atoms with Crippen molar-refractivity contribution < 1.29 is 5.11 Å². The molecule has 3 atom stereocenters. The van der Waals surface area contributed by atoms with E-state index in [2.05, 4.69) is 31.1 Å². The lowest BCUT2D eigenvalue weighted by Gasteiger charge is -2.50. The molecule has 1 heterocycles. The van der Waals surface area contributed by atoms with E-state index >= 15 is 0 Å². The van der Waals surface area contributed by atoms with Crippen molar-refractivity contribution in [2.75, 3.05) is 0 Å². The molecule has 1 aliphatic carbocycles. The van der Waals surface area contributed by atoms with Gasteiger partial charge in [-0.1, -0.05) is 13.8 Å². The van der Waals surface area contributed by atoms with Crippen LogP contribution >= 0.6 is 11.3 Å². The van der Waals surface area contributed by atoms with Crippen LogP contribution in [0.4, 0.5) is 0 Å². The van der Waals surface area contributed by atoms with E-state index in [1.165, 1.54) is 4.88 Å². The molecule has 0 amide bonds. The van der Waals surface area contributed by atoms with E-state index in [1.54, 1.807) is 11.3 Å². The molecule has 1 fully saturated rings. The van der Waals surface area contributed by atoms with E-state index < -0.39 is 0 Å². The van der Waals surface area contributed by atoms with Crippen molar-refractivity contribution in [1.82, 2.24) is 10.3 Å². The van der Waals surface area contributed by atoms with Gasteiger partial charge in [-0.05, 0) is 20.3 Å². The van der Waals surface area contributed by atoms with Gasteiger partial charge in [-0.3, -0.25) is 0 Å². The fourth-order valence-corrected chi connectivity index (χ4v) is 3.11. The van der Waals surface area contributed by atoms with Gasteiger partial charge in [-0.2, -0.15) is 0 Å². The third kappa shape index (κ3) is 1.90. The summed E-state index contributed by atoms with van der Waals surface area (Å²) in [5.74, 6) is 0. The smallest absolute Gasteiger partial charge is 0.0798 e. The average Bonchev–Trinajstić information content (AvgIpc) is 2.64. The van der Waals surface area contributed by atoms with Gasteiger partial charge in [-0.25, -0.2) is 4.98 Å². The number of aromatic nitrogens is 1. The van der Waals surface area contributed by atoms with Crippen molar-refractivity contribution in [1.29, 1.82) is 0 Å². The van der Waals surface area contributed by atoms with Crippen LogP contribution in [0.15, 0.2) is 5.51 Å². The Morgan fingerprint density at radius 1 is 1.62 bits per heavy atom. The van der Waals surface area contributed by atoms with Gasteiger partial charge in [0.05, 0.1) is 17.3 Å².